The number of ether oxygens (including phenoxy) is 2. The first-order chi connectivity index (χ1) is 14.0. The maximum atomic E-state index is 12.4. The van der Waals surface area contributed by atoms with Gasteiger partial charge in [-0.3, -0.25) is 4.79 Å². The van der Waals surface area contributed by atoms with Crippen molar-refractivity contribution in [3.05, 3.63) is 78.4 Å². The van der Waals surface area contributed by atoms with Crippen molar-refractivity contribution < 1.29 is 24.2 Å². The number of methoxy groups -OCH3 is 1. The van der Waals surface area contributed by atoms with Gasteiger partial charge in [0.25, 0.3) is 5.91 Å². The highest BCUT2D eigenvalue weighted by atomic mass is 16.5. The number of carbonyl (C=O) groups is 2. The van der Waals surface area contributed by atoms with Crippen LogP contribution >= 0.6 is 0 Å². The second-order valence-corrected chi connectivity index (χ2v) is 6.36. The smallest absolute Gasteiger partial charge is 0.338 e. The number of esters is 1. The summed E-state index contributed by atoms with van der Waals surface area (Å²) in [6.45, 7) is 1.51. The highest BCUT2D eigenvalue weighted by molar-refractivity contribution is 5.98. The molecule has 0 heterocycles. The Labute approximate surface area is 168 Å². The first-order valence-electron chi connectivity index (χ1n) is 9.02. The lowest BCUT2D eigenvalue weighted by Crippen LogP contribution is -2.30. The molecular weight excluding hydrogens is 370 g/mol. The van der Waals surface area contributed by atoms with E-state index in [1.807, 2.05) is 0 Å². The zero-order valence-corrected chi connectivity index (χ0v) is 16.1. The quantitative estimate of drug-likeness (QED) is 0.614. The lowest BCUT2D eigenvalue weighted by atomic mass is 10.0. The summed E-state index contributed by atoms with van der Waals surface area (Å²) in [6.07, 6.45) is -0.982. The van der Waals surface area contributed by atoms with Crippen LogP contribution in [-0.2, 0) is 9.53 Å². The normalized spacial score (nSPS) is 11.4. The third kappa shape index (κ3) is 4.93. The molecule has 0 unspecified atom stereocenters. The van der Waals surface area contributed by atoms with Crippen molar-refractivity contribution in [3.63, 3.8) is 0 Å². The fourth-order valence-corrected chi connectivity index (χ4v) is 2.72. The van der Waals surface area contributed by atoms with E-state index >= 15 is 0 Å². The third-order valence-corrected chi connectivity index (χ3v) is 4.34. The van der Waals surface area contributed by atoms with Crippen molar-refractivity contribution in [2.45, 2.75) is 13.0 Å². The minimum absolute atomic E-state index is 0.189. The summed E-state index contributed by atoms with van der Waals surface area (Å²) in [5, 5.41) is 12.1. The second kappa shape index (κ2) is 8.93. The van der Waals surface area contributed by atoms with Crippen LogP contribution in [0.15, 0.2) is 72.8 Å². The van der Waals surface area contributed by atoms with Gasteiger partial charge in [-0.25, -0.2) is 4.79 Å². The number of benzene rings is 3. The molecule has 148 valence electrons. The van der Waals surface area contributed by atoms with Gasteiger partial charge in [0.05, 0.1) is 18.4 Å². The van der Waals surface area contributed by atoms with Gasteiger partial charge in [-0.2, -0.15) is 0 Å². The Bertz CT molecular complexity index is 997. The maximum Gasteiger partial charge on any atom is 0.338 e. The average Bonchev–Trinajstić information content (AvgIpc) is 2.74. The van der Waals surface area contributed by atoms with Crippen LogP contribution in [0.2, 0.25) is 0 Å². The van der Waals surface area contributed by atoms with Crippen LogP contribution < -0.4 is 10.1 Å². The van der Waals surface area contributed by atoms with Crippen LogP contribution in [0.3, 0.4) is 0 Å². The third-order valence-electron chi connectivity index (χ3n) is 4.34. The molecule has 0 aromatic heterocycles. The van der Waals surface area contributed by atoms with Crippen LogP contribution in [0.5, 0.6) is 11.5 Å². The molecule has 0 spiro atoms. The molecule has 0 radical (unpaired) electrons. The van der Waals surface area contributed by atoms with Crippen molar-refractivity contribution >= 4 is 17.6 Å². The van der Waals surface area contributed by atoms with Gasteiger partial charge in [-0.05, 0) is 54.4 Å². The number of phenols is 1. The SMILES string of the molecule is COc1ccccc1NC(=O)[C@H](C)OC(=O)c1ccc(-c2ccc(O)cc2)cc1. The summed E-state index contributed by atoms with van der Waals surface area (Å²) >= 11 is 0. The van der Waals surface area contributed by atoms with Gasteiger partial charge in [0, 0.05) is 0 Å². The Morgan fingerprint density at radius 3 is 2.10 bits per heavy atom. The lowest BCUT2D eigenvalue weighted by molar-refractivity contribution is -0.123. The van der Waals surface area contributed by atoms with E-state index in [2.05, 4.69) is 5.32 Å². The Morgan fingerprint density at radius 1 is 0.897 bits per heavy atom. The highest BCUT2D eigenvalue weighted by Gasteiger charge is 2.20. The van der Waals surface area contributed by atoms with Crippen LogP contribution in [0, 0.1) is 0 Å². The molecule has 6 heteroatoms. The number of anilines is 1. The zero-order valence-electron chi connectivity index (χ0n) is 16.1. The monoisotopic (exact) mass is 391 g/mol. The summed E-state index contributed by atoms with van der Waals surface area (Å²) < 4.78 is 10.5. The molecule has 1 amide bonds. The van der Waals surface area contributed by atoms with Gasteiger partial charge < -0.3 is 19.9 Å². The number of rotatable bonds is 6. The standard InChI is InChI=1S/C23H21NO5/c1-15(22(26)24-20-5-3-4-6-21(20)28-2)29-23(27)18-9-7-16(8-10-18)17-11-13-19(25)14-12-17/h3-15,25H,1-2H3,(H,24,26)/t15-/m0/s1. The number of para-hydroxylation sites is 2. The van der Waals surface area contributed by atoms with E-state index in [9.17, 15) is 14.7 Å². The number of phenolic OH excluding ortho intramolecular Hbond substituents is 1. The number of carbonyl (C=O) groups excluding carboxylic acids is 2. The molecule has 1 atom stereocenters. The molecule has 6 nitrogen and oxygen atoms in total. The molecule has 29 heavy (non-hydrogen) atoms. The summed E-state index contributed by atoms with van der Waals surface area (Å²) in [5.74, 6) is -0.341. The van der Waals surface area contributed by atoms with Gasteiger partial charge in [0.1, 0.15) is 11.5 Å². The first-order valence-corrected chi connectivity index (χ1v) is 9.02. The summed E-state index contributed by atoms with van der Waals surface area (Å²) in [6, 6.07) is 20.6. The largest absolute Gasteiger partial charge is 0.508 e. The molecular formula is C23H21NO5. The molecule has 0 saturated carbocycles. The number of aromatic hydroxyl groups is 1. The predicted octanol–water partition coefficient (Wildman–Crippen LogP) is 4.25. The first kappa shape index (κ1) is 19.9. The maximum absolute atomic E-state index is 12.4. The van der Waals surface area contributed by atoms with Gasteiger partial charge in [-0.1, -0.05) is 36.4 Å². The predicted molar refractivity (Wildman–Crippen MR) is 110 cm³/mol. The Balaban J connectivity index is 1.63. The molecule has 3 rings (SSSR count). The second-order valence-electron chi connectivity index (χ2n) is 6.36. The van der Waals surface area contributed by atoms with Crippen LogP contribution in [-0.4, -0.2) is 30.2 Å². The number of hydrogen-bond acceptors (Lipinski definition) is 5. The highest BCUT2D eigenvalue weighted by Crippen LogP contribution is 2.24. The lowest BCUT2D eigenvalue weighted by Gasteiger charge is -2.15. The number of nitrogens with one attached hydrogen (secondary N) is 1. The van der Waals surface area contributed by atoms with Crippen LogP contribution in [0.4, 0.5) is 5.69 Å². The fraction of sp³-hybridized carbons (Fsp3) is 0.130. The number of amides is 1. The summed E-state index contributed by atoms with van der Waals surface area (Å²) in [4.78, 5) is 24.7. The zero-order chi connectivity index (χ0) is 20.8. The van der Waals surface area contributed by atoms with E-state index in [0.717, 1.165) is 11.1 Å². The van der Waals surface area contributed by atoms with E-state index in [4.69, 9.17) is 9.47 Å². The van der Waals surface area contributed by atoms with E-state index in [1.165, 1.54) is 14.0 Å². The number of hydrogen-bond donors (Lipinski definition) is 2. The van der Waals surface area contributed by atoms with E-state index in [-0.39, 0.29) is 5.75 Å². The van der Waals surface area contributed by atoms with Gasteiger partial charge in [0.15, 0.2) is 6.10 Å². The van der Waals surface area contributed by atoms with Crippen molar-refractivity contribution in [3.8, 4) is 22.6 Å². The van der Waals surface area contributed by atoms with Gasteiger partial charge >= 0.3 is 5.97 Å². The summed E-state index contributed by atoms with van der Waals surface area (Å²) in [5.41, 5.74) is 2.64. The van der Waals surface area contributed by atoms with Gasteiger partial charge in [-0.15, -0.1) is 0 Å². The Hall–Kier alpha value is -3.80. The topological polar surface area (TPSA) is 84.9 Å². The average molecular weight is 391 g/mol. The fourth-order valence-electron chi connectivity index (χ4n) is 2.72. The Morgan fingerprint density at radius 2 is 1.48 bits per heavy atom. The summed E-state index contributed by atoms with van der Waals surface area (Å²) in [7, 11) is 1.51. The molecule has 0 bridgehead atoms. The van der Waals surface area contributed by atoms with Crippen LogP contribution in [0.1, 0.15) is 17.3 Å². The van der Waals surface area contributed by atoms with E-state index in [1.54, 1.807) is 72.8 Å². The molecule has 0 aliphatic rings. The molecule has 2 N–H and O–H groups in total. The molecule has 0 aliphatic carbocycles. The molecule has 3 aromatic carbocycles. The van der Waals surface area contributed by atoms with E-state index in [0.29, 0.717) is 17.0 Å². The Kier molecular flexibility index (Phi) is 6.14. The van der Waals surface area contributed by atoms with Gasteiger partial charge in [0.2, 0.25) is 0 Å². The van der Waals surface area contributed by atoms with Crippen LogP contribution in [0.25, 0.3) is 11.1 Å². The molecule has 0 fully saturated rings. The minimum Gasteiger partial charge on any atom is -0.508 e. The molecule has 3 aromatic rings. The van der Waals surface area contributed by atoms with Crippen molar-refractivity contribution in [2.75, 3.05) is 12.4 Å². The van der Waals surface area contributed by atoms with Crippen molar-refractivity contribution in [1.82, 2.24) is 0 Å². The molecule has 0 aliphatic heterocycles. The van der Waals surface area contributed by atoms with E-state index < -0.39 is 18.0 Å². The molecule has 0 saturated heterocycles. The minimum atomic E-state index is -0.982. The van der Waals surface area contributed by atoms with Crippen molar-refractivity contribution in [2.24, 2.45) is 0 Å². The van der Waals surface area contributed by atoms with Crippen molar-refractivity contribution in [1.29, 1.82) is 0 Å².